The predicted molar refractivity (Wildman–Crippen MR) is 102 cm³/mol. The summed E-state index contributed by atoms with van der Waals surface area (Å²) >= 11 is 0. The molecule has 0 unspecified atom stereocenters. The molecule has 0 aliphatic carbocycles. The van der Waals surface area contributed by atoms with Crippen molar-refractivity contribution in [2.75, 3.05) is 25.3 Å². The van der Waals surface area contributed by atoms with Crippen molar-refractivity contribution in [3.05, 3.63) is 54.5 Å². The lowest BCUT2D eigenvalue weighted by Gasteiger charge is -2.12. The number of rotatable bonds is 6. The Morgan fingerprint density at radius 3 is 2.44 bits per heavy atom. The zero-order valence-electron chi connectivity index (χ0n) is 14.8. The minimum Gasteiger partial charge on any atom is -0.493 e. The second kappa shape index (κ2) is 7.74. The highest BCUT2D eigenvalue weighted by molar-refractivity contribution is 5.81. The standard InChI is InChI=1S/C20H18FN3O3/c1-26-18-6-3-12(8-19(18)27-2)13-7-16(20(22)23-10-13)15-5-4-14(24-11-25)9-17(15)21/h3-11H,1-2H3,(H2,22,23)(H,24,25). The average molecular weight is 367 g/mol. The van der Waals surface area contributed by atoms with Gasteiger partial charge in [-0.25, -0.2) is 9.37 Å². The highest BCUT2D eigenvalue weighted by atomic mass is 19.1. The highest BCUT2D eigenvalue weighted by Gasteiger charge is 2.13. The van der Waals surface area contributed by atoms with Gasteiger partial charge in [-0.05, 0) is 42.0 Å². The van der Waals surface area contributed by atoms with Gasteiger partial charge < -0.3 is 20.5 Å². The van der Waals surface area contributed by atoms with Crippen LogP contribution in [0.4, 0.5) is 15.9 Å². The van der Waals surface area contributed by atoms with Crippen LogP contribution in [0.25, 0.3) is 22.3 Å². The van der Waals surface area contributed by atoms with Gasteiger partial charge in [0.15, 0.2) is 11.5 Å². The van der Waals surface area contributed by atoms with Crippen LogP contribution in [0.15, 0.2) is 48.7 Å². The molecule has 0 fully saturated rings. The second-order valence-corrected chi connectivity index (χ2v) is 5.68. The summed E-state index contributed by atoms with van der Waals surface area (Å²) in [5, 5.41) is 2.41. The fourth-order valence-corrected chi connectivity index (χ4v) is 2.76. The number of hydrogen-bond donors (Lipinski definition) is 2. The van der Waals surface area contributed by atoms with Gasteiger partial charge in [0.2, 0.25) is 6.41 Å². The van der Waals surface area contributed by atoms with Gasteiger partial charge in [0.05, 0.1) is 14.2 Å². The van der Waals surface area contributed by atoms with Crippen molar-refractivity contribution in [1.29, 1.82) is 0 Å². The van der Waals surface area contributed by atoms with Crippen molar-refractivity contribution in [3.8, 4) is 33.8 Å². The van der Waals surface area contributed by atoms with Crippen LogP contribution in [0, 0.1) is 5.82 Å². The van der Waals surface area contributed by atoms with Crippen LogP contribution in [-0.2, 0) is 4.79 Å². The molecule has 0 atom stereocenters. The minimum atomic E-state index is -0.514. The number of methoxy groups -OCH3 is 2. The molecule has 2 aromatic carbocycles. The van der Waals surface area contributed by atoms with Crippen molar-refractivity contribution >= 4 is 17.9 Å². The third-order valence-corrected chi connectivity index (χ3v) is 4.12. The summed E-state index contributed by atoms with van der Waals surface area (Å²) in [4.78, 5) is 14.7. The first kappa shape index (κ1) is 18.2. The molecule has 0 saturated heterocycles. The minimum absolute atomic E-state index is 0.203. The van der Waals surface area contributed by atoms with Crippen LogP contribution in [0.3, 0.4) is 0 Å². The first-order valence-electron chi connectivity index (χ1n) is 8.05. The molecule has 6 nitrogen and oxygen atoms in total. The van der Waals surface area contributed by atoms with E-state index in [9.17, 15) is 9.18 Å². The topological polar surface area (TPSA) is 86.5 Å². The first-order valence-corrected chi connectivity index (χ1v) is 8.05. The van der Waals surface area contributed by atoms with E-state index in [1.54, 1.807) is 44.7 Å². The smallest absolute Gasteiger partial charge is 0.211 e. The number of pyridine rings is 1. The van der Waals surface area contributed by atoms with Crippen molar-refractivity contribution in [3.63, 3.8) is 0 Å². The number of nitrogen functional groups attached to an aromatic ring is 1. The van der Waals surface area contributed by atoms with E-state index in [1.807, 2.05) is 12.1 Å². The number of nitrogens with two attached hydrogens (primary N) is 1. The van der Waals surface area contributed by atoms with Gasteiger partial charge in [-0.2, -0.15) is 0 Å². The highest BCUT2D eigenvalue weighted by Crippen LogP contribution is 2.35. The average Bonchev–Trinajstić information content (AvgIpc) is 2.68. The van der Waals surface area contributed by atoms with Gasteiger partial charge >= 0.3 is 0 Å². The molecule has 1 amide bonds. The van der Waals surface area contributed by atoms with Gasteiger partial charge in [0, 0.05) is 28.6 Å². The van der Waals surface area contributed by atoms with E-state index >= 15 is 0 Å². The number of halogens is 1. The monoisotopic (exact) mass is 367 g/mol. The Balaban J connectivity index is 2.06. The summed E-state index contributed by atoms with van der Waals surface area (Å²) < 4.78 is 25.1. The number of amides is 1. The van der Waals surface area contributed by atoms with Crippen LogP contribution < -0.4 is 20.5 Å². The maximum absolute atomic E-state index is 14.5. The number of anilines is 2. The predicted octanol–water partition coefficient (Wildman–Crippen LogP) is 3.72. The number of carbonyl (C=O) groups excluding carboxylic acids is 1. The van der Waals surface area contributed by atoms with Crippen molar-refractivity contribution in [2.24, 2.45) is 0 Å². The van der Waals surface area contributed by atoms with E-state index in [-0.39, 0.29) is 5.82 Å². The lowest BCUT2D eigenvalue weighted by molar-refractivity contribution is -0.105. The molecule has 1 heterocycles. The van der Waals surface area contributed by atoms with E-state index in [1.165, 1.54) is 6.07 Å². The maximum Gasteiger partial charge on any atom is 0.211 e. The van der Waals surface area contributed by atoms with Gasteiger partial charge in [-0.1, -0.05) is 6.07 Å². The number of nitrogens with one attached hydrogen (secondary N) is 1. The molecule has 7 heteroatoms. The molecular formula is C20H18FN3O3. The van der Waals surface area contributed by atoms with E-state index in [0.717, 1.165) is 11.1 Å². The Hall–Kier alpha value is -3.61. The third kappa shape index (κ3) is 3.67. The number of carbonyl (C=O) groups is 1. The molecule has 1 aromatic heterocycles. The number of aromatic nitrogens is 1. The van der Waals surface area contributed by atoms with Crippen LogP contribution in [0.5, 0.6) is 11.5 Å². The van der Waals surface area contributed by atoms with Gasteiger partial charge in [0.1, 0.15) is 11.6 Å². The molecule has 27 heavy (non-hydrogen) atoms. The van der Waals surface area contributed by atoms with E-state index < -0.39 is 5.82 Å². The molecule has 0 saturated carbocycles. The maximum atomic E-state index is 14.5. The van der Waals surface area contributed by atoms with Crippen LogP contribution in [0.2, 0.25) is 0 Å². The van der Waals surface area contributed by atoms with Crippen molar-refractivity contribution in [1.82, 2.24) is 4.98 Å². The van der Waals surface area contributed by atoms with Crippen molar-refractivity contribution in [2.45, 2.75) is 0 Å². The molecule has 0 spiro atoms. The second-order valence-electron chi connectivity index (χ2n) is 5.68. The zero-order chi connectivity index (χ0) is 19.4. The van der Waals surface area contributed by atoms with Crippen molar-refractivity contribution < 1.29 is 18.7 Å². The third-order valence-electron chi connectivity index (χ3n) is 4.12. The SMILES string of the molecule is COc1ccc(-c2cnc(N)c(-c3ccc(NC=O)cc3F)c2)cc1OC. The first-order chi connectivity index (χ1) is 13.1. The molecule has 3 rings (SSSR count). The molecule has 3 N–H and O–H groups in total. The summed E-state index contributed by atoms with van der Waals surface area (Å²) in [6.07, 6.45) is 2.10. The molecule has 0 aliphatic heterocycles. The summed E-state index contributed by atoms with van der Waals surface area (Å²) in [6, 6.07) is 11.6. The van der Waals surface area contributed by atoms with Gasteiger partial charge in [0.25, 0.3) is 0 Å². The molecule has 0 aliphatic rings. The number of nitrogens with zero attached hydrogens (tertiary/aromatic N) is 1. The molecule has 0 radical (unpaired) electrons. The number of benzene rings is 2. The summed E-state index contributed by atoms with van der Waals surface area (Å²) in [5.41, 5.74) is 8.64. The van der Waals surface area contributed by atoms with E-state index in [0.29, 0.717) is 34.7 Å². The van der Waals surface area contributed by atoms with Gasteiger partial charge in [-0.15, -0.1) is 0 Å². The summed E-state index contributed by atoms with van der Waals surface area (Å²) in [5.74, 6) is 0.868. The molecular weight excluding hydrogens is 349 g/mol. The Kier molecular flexibility index (Phi) is 5.21. The number of ether oxygens (including phenoxy) is 2. The fraction of sp³-hybridized carbons (Fsp3) is 0.100. The molecule has 3 aromatic rings. The number of hydrogen-bond acceptors (Lipinski definition) is 5. The summed E-state index contributed by atoms with van der Waals surface area (Å²) in [7, 11) is 3.12. The summed E-state index contributed by atoms with van der Waals surface area (Å²) in [6.45, 7) is 0. The Bertz CT molecular complexity index is 992. The lowest BCUT2D eigenvalue weighted by Crippen LogP contribution is -1.99. The normalized spacial score (nSPS) is 10.3. The van der Waals surface area contributed by atoms with E-state index in [4.69, 9.17) is 15.2 Å². The largest absolute Gasteiger partial charge is 0.493 e. The lowest BCUT2D eigenvalue weighted by atomic mass is 10.00. The van der Waals surface area contributed by atoms with Gasteiger partial charge in [-0.3, -0.25) is 4.79 Å². The molecule has 138 valence electrons. The zero-order valence-corrected chi connectivity index (χ0v) is 14.8. The Labute approximate surface area is 155 Å². The quantitative estimate of drug-likeness (QED) is 0.649. The Morgan fingerprint density at radius 2 is 1.78 bits per heavy atom. The van der Waals surface area contributed by atoms with Crippen LogP contribution in [0.1, 0.15) is 0 Å². The Morgan fingerprint density at radius 1 is 1.00 bits per heavy atom. The van der Waals surface area contributed by atoms with Crippen LogP contribution in [-0.4, -0.2) is 25.6 Å². The van der Waals surface area contributed by atoms with Crippen LogP contribution >= 0.6 is 0 Å². The van der Waals surface area contributed by atoms with E-state index in [2.05, 4.69) is 10.3 Å². The fourth-order valence-electron chi connectivity index (χ4n) is 2.76. The molecule has 0 bridgehead atoms.